The van der Waals surface area contributed by atoms with Gasteiger partial charge in [0.25, 0.3) is 0 Å². The Bertz CT molecular complexity index is 522. The number of para-hydroxylation sites is 1. The summed E-state index contributed by atoms with van der Waals surface area (Å²) in [7, 11) is 1.73. The lowest BCUT2D eigenvalue weighted by Gasteiger charge is -2.17. The third kappa shape index (κ3) is 3.75. The van der Waals surface area contributed by atoms with E-state index in [9.17, 15) is 0 Å². The fraction of sp³-hybridized carbons (Fsp3) is 0.438. The maximum Gasteiger partial charge on any atom is 0.0704 e. The van der Waals surface area contributed by atoms with Gasteiger partial charge in [-0.05, 0) is 36.5 Å². The third-order valence-corrected chi connectivity index (χ3v) is 3.38. The van der Waals surface area contributed by atoms with Gasteiger partial charge in [-0.1, -0.05) is 25.1 Å². The van der Waals surface area contributed by atoms with Crippen LogP contribution in [0.25, 0.3) is 10.9 Å². The van der Waals surface area contributed by atoms with Crippen LogP contribution in [0.15, 0.2) is 36.5 Å². The van der Waals surface area contributed by atoms with Gasteiger partial charge in [-0.25, -0.2) is 0 Å². The molecule has 0 radical (unpaired) electrons. The van der Waals surface area contributed by atoms with Crippen LogP contribution in [0.5, 0.6) is 0 Å². The van der Waals surface area contributed by atoms with E-state index < -0.39 is 0 Å². The summed E-state index contributed by atoms with van der Waals surface area (Å²) in [6, 6.07) is 10.5. The number of aromatic nitrogens is 1. The fourth-order valence-corrected chi connectivity index (χ4v) is 2.57. The number of hydrogen-bond donors (Lipinski definition) is 1. The van der Waals surface area contributed by atoms with E-state index in [1.165, 1.54) is 10.9 Å². The number of nitrogens with zero attached hydrogens (tertiary/aromatic N) is 1. The van der Waals surface area contributed by atoms with Crippen molar-refractivity contribution in [1.29, 1.82) is 0 Å². The van der Waals surface area contributed by atoms with Crippen molar-refractivity contribution in [3.05, 3.63) is 42.1 Å². The van der Waals surface area contributed by atoms with Gasteiger partial charge >= 0.3 is 0 Å². The van der Waals surface area contributed by atoms with E-state index in [2.05, 4.69) is 24.0 Å². The lowest BCUT2D eigenvalue weighted by Crippen LogP contribution is -2.26. The Balaban J connectivity index is 2.08. The van der Waals surface area contributed by atoms with Crippen molar-refractivity contribution in [1.82, 2.24) is 4.98 Å². The molecule has 0 aliphatic rings. The summed E-state index contributed by atoms with van der Waals surface area (Å²) >= 11 is 0. The largest absolute Gasteiger partial charge is 0.384 e. The number of rotatable bonds is 6. The van der Waals surface area contributed by atoms with Gasteiger partial charge in [-0.3, -0.25) is 4.98 Å². The summed E-state index contributed by atoms with van der Waals surface area (Å²) < 4.78 is 5.16. The first-order valence-corrected chi connectivity index (χ1v) is 6.78. The van der Waals surface area contributed by atoms with Crippen LogP contribution in [0, 0.1) is 5.92 Å². The first kappa shape index (κ1) is 14.0. The van der Waals surface area contributed by atoms with Crippen LogP contribution >= 0.6 is 0 Å². The lowest BCUT2D eigenvalue weighted by atomic mass is 9.96. The minimum absolute atomic E-state index is 0.163. The highest BCUT2D eigenvalue weighted by Gasteiger charge is 2.11. The van der Waals surface area contributed by atoms with Gasteiger partial charge in [0.15, 0.2) is 0 Å². The number of benzene rings is 1. The Hall–Kier alpha value is -1.45. The van der Waals surface area contributed by atoms with Crippen LogP contribution in [0.3, 0.4) is 0 Å². The minimum Gasteiger partial charge on any atom is -0.384 e. The van der Waals surface area contributed by atoms with E-state index in [1.54, 1.807) is 7.11 Å². The molecule has 0 saturated heterocycles. The molecule has 2 rings (SSSR count). The van der Waals surface area contributed by atoms with Crippen molar-refractivity contribution in [2.45, 2.75) is 25.8 Å². The van der Waals surface area contributed by atoms with Crippen LogP contribution < -0.4 is 5.73 Å². The molecular weight excluding hydrogens is 236 g/mol. The average molecular weight is 258 g/mol. The molecule has 2 atom stereocenters. The molecule has 0 amide bonds. The second kappa shape index (κ2) is 6.64. The van der Waals surface area contributed by atoms with E-state index >= 15 is 0 Å². The molecule has 0 spiro atoms. The molecule has 2 aromatic rings. The minimum atomic E-state index is 0.163. The quantitative estimate of drug-likeness (QED) is 0.866. The first-order valence-electron chi connectivity index (χ1n) is 6.78. The second-order valence-corrected chi connectivity index (χ2v) is 5.25. The molecule has 0 aliphatic carbocycles. The predicted octanol–water partition coefficient (Wildman–Crippen LogP) is 2.78. The van der Waals surface area contributed by atoms with Crippen molar-refractivity contribution in [3.63, 3.8) is 0 Å². The summed E-state index contributed by atoms with van der Waals surface area (Å²) in [4.78, 5) is 4.38. The number of nitrogens with two attached hydrogens (primary N) is 1. The van der Waals surface area contributed by atoms with Gasteiger partial charge in [0.2, 0.25) is 0 Å². The molecule has 0 bridgehead atoms. The number of pyridine rings is 1. The molecular formula is C16H22N2O. The fourth-order valence-electron chi connectivity index (χ4n) is 2.57. The molecule has 2 unspecified atom stereocenters. The van der Waals surface area contributed by atoms with Crippen LogP contribution in [-0.4, -0.2) is 24.7 Å². The molecule has 1 heterocycles. The van der Waals surface area contributed by atoms with Crippen molar-refractivity contribution in [3.8, 4) is 0 Å². The monoisotopic (exact) mass is 258 g/mol. The number of methoxy groups -OCH3 is 1. The molecule has 3 nitrogen and oxygen atoms in total. The normalized spacial score (nSPS) is 14.5. The Kier molecular flexibility index (Phi) is 4.88. The van der Waals surface area contributed by atoms with Crippen molar-refractivity contribution in [2.75, 3.05) is 13.7 Å². The van der Waals surface area contributed by atoms with E-state index in [1.807, 2.05) is 24.4 Å². The summed E-state index contributed by atoms with van der Waals surface area (Å²) in [6.07, 6.45) is 3.73. The molecule has 102 valence electrons. The predicted molar refractivity (Wildman–Crippen MR) is 79.1 cm³/mol. The van der Waals surface area contributed by atoms with E-state index in [0.717, 1.165) is 25.0 Å². The van der Waals surface area contributed by atoms with Crippen molar-refractivity contribution < 1.29 is 4.74 Å². The molecule has 1 aromatic heterocycles. The summed E-state index contributed by atoms with van der Waals surface area (Å²) in [5.41, 5.74) is 8.57. The lowest BCUT2D eigenvalue weighted by molar-refractivity contribution is 0.152. The zero-order valence-electron chi connectivity index (χ0n) is 11.7. The summed E-state index contributed by atoms with van der Waals surface area (Å²) in [5, 5.41) is 1.21. The van der Waals surface area contributed by atoms with Gasteiger partial charge in [-0.15, -0.1) is 0 Å². The van der Waals surface area contributed by atoms with Crippen molar-refractivity contribution in [2.24, 2.45) is 11.7 Å². The van der Waals surface area contributed by atoms with Gasteiger partial charge in [-0.2, -0.15) is 0 Å². The van der Waals surface area contributed by atoms with Gasteiger partial charge in [0, 0.05) is 31.3 Å². The Labute approximate surface area is 114 Å². The second-order valence-electron chi connectivity index (χ2n) is 5.25. The zero-order chi connectivity index (χ0) is 13.7. The van der Waals surface area contributed by atoms with E-state index in [4.69, 9.17) is 10.5 Å². The average Bonchev–Trinajstić information content (AvgIpc) is 2.39. The Morgan fingerprint density at radius 1 is 1.26 bits per heavy atom. The molecule has 0 aliphatic heterocycles. The summed E-state index contributed by atoms with van der Waals surface area (Å²) in [5.74, 6) is 0.494. The molecule has 0 fully saturated rings. The van der Waals surface area contributed by atoms with Crippen LogP contribution in [0.4, 0.5) is 0 Å². The highest BCUT2D eigenvalue weighted by Crippen LogP contribution is 2.19. The molecule has 3 heteroatoms. The maximum atomic E-state index is 6.25. The van der Waals surface area contributed by atoms with Gasteiger partial charge < -0.3 is 10.5 Å². The molecule has 2 N–H and O–H groups in total. The molecule has 0 saturated carbocycles. The maximum absolute atomic E-state index is 6.25. The highest BCUT2D eigenvalue weighted by atomic mass is 16.5. The third-order valence-electron chi connectivity index (χ3n) is 3.38. The topological polar surface area (TPSA) is 48.1 Å². The highest BCUT2D eigenvalue weighted by molar-refractivity contribution is 5.81. The Morgan fingerprint density at radius 2 is 2.05 bits per heavy atom. The number of ether oxygens (including phenoxy) is 1. The smallest absolute Gasteiger partial charge is 0.0704 e. The molecule has 19 heavy (non-hydrogen) atoms. The van der Waals surface area contributed by atoms with Gasteiger partial charge in [0.05, 0.1) is 5.52 Å². The van der Waals surface area contributed by atoms with Crippen LogP contribution in [0.2, 0.25) is 0 Å². The van der Waals surface area contributed by atoms with Crippen LogP contribution in [-0.2, 0) is 11.2 Å². The number of fused-ring (bicyclic) bond motifs is 1. The van der Waals surface area contributed by atoms with Crippen molar-refractivity contribution >= 4 is 10.9 Å². The van der Waals surface area contributed by atoms with Crippen LogP contribution in [0.1, 0.15) is 18.9 Å². The van der Waals surface area contributed by atoms with E-state index in [0.29, 0.717) is 5.92 Å². The molecule has 1 aromatic carbocycles. The summed E-state index contributed by atoms with van der Waals surface area (Å²) in [6.45, 7) is 2.94. The Morgan fingerprint density at radius 3 is 2.84 bits per heavy atom. The first-order chi connectivity index (χ1) is 9.20. The standard InChI is InChI=1S/C16H22N2O/c1-12(11-19-2)9-14(17)10-13-7-8-18-16-6-4-3-5-15(13)16/h3-8,12,14H,9-11,17H2,1-2H3. The number of hydrogen-bond acceptors (Lipinski definition) is 3. The van der Waals surface area contributed by atoms with Gasteiger partial charge in [0.1, 0.15) is 0 Å². The van der Waals surface area contributed by atoms with E-state index in [-0.39, 0.29) is 6.04 Å². The zero-order valence-corrected chi connectivity index (χ0v) is 11.7. The SMILES string of the molecule is COCC(C)CC(N)Cc1ccnc2ccccc12.